The van der Waals surface area contributed by atoms with E-state index in [1.165, 1.54) is 23.1 Å². The highest BCUT2D eigenvalue weighted by Gasteiger charge is 2.22. The maximum absolute atomic E-state index is 12.3. The molecule has 0 spiro atoms. The number of carbonyl (C=O) groups excluding carboxylic acids is 2. The Bertz CT molecular complexity index is 741. The van der Waals surface area contributed by atoms with Crippen molar-refractivity contribution < 1.29 is 9.59 Å². The molecule has 2 aromatic heterocycles. The Balaban J connectivity index is 1.46. The molecule has 146 valence electrons. The minimum absolute atomic E-state index is 0.176. The Morgan fingerprint density at radius 2 is 2.19 bits per heavy atom. The number of aryl methyl sites for hydroxylation is 2. The minimum atomic E-state index is -0.438. The van der Waals surface area contributed by atoms with E-state index in [0.717, 1.165) is 38.6 Å². The molecule has 0 bridgehead atoms. The number of nitrogens with zero attached hydrogens (tertiary/aromatic N) is 3. The van der Waals surface area contributed by atoms with Gasteiger partial charge in [0.05, 0.1) is 5.25 Å². The molecule has 2 aromatic rings. The summed E-state index contributed by atoms with van der Waals surface area (Å²) in [6.45, 7) is 2.53. The van der Waals surface area contributed by atoms with Gasteiger partial charge in [0.1, 0.15) is 6.33 Å². The third kappa shape index (κ3) is 6.07. The van der Waals surface area contributed by atoms with Gasteiger partial charge in [-0.3, -0.25) is 10.1 Å². The zero-order chi connectivity index (χ0) is 19.1. The molecule has 1 aliphatic carbocycles. The Morgan fingerprint density at radius 1 is 1.37 bits per heavy atom. The van der Waals surface area contributed by atoms with Gasteiger partial charge in [-0.25, -0.2) is 4.79 Å². The van der Waals surface area contributed by atoms with Gasteiger partial charge >= 0.3 is 6.03 Å². The molecule has 1 unspecified atom stereocenters. The highest BCUT2D eigenvalue weighted by atomic mass is 32.2. The largest absolute Gasteiger partial charge is 0.335 e. The van der Waals surface area contributed by atoms with Gasteiger partial charge in [0.15, 0.2) is 5.16 Å². The van der Waals surface area contributed by atoms with Gasteiger partial charge in [0, 0.05) is 17.5 Å². The number of hydrogen-bond donors (Lipinski definition) is 2. The van der Waals surface area contributed by atoms with Crippen LogP contribution in [0.15, 0.2) is 29.0 Å². The van der Waals surface area contributed by atoms with E-state index in [9.17, 15) is 9.59 Å². The summed E-state index contributed by atoms with van der Waals surface area (Å²) in [5.41, 5.74) is 0. The van der Waals surface area contributed by atoms with E-state index >= 15 is 0 Å². The molecule has 1 saturated carbocycles. The summed E-state index contributed by atoms with van der Waals surface area (Å²) in [6, 6.07) is 3.91. The van der Waals surface area contributed by atoms with E-state index in [0.29, 0.717) is 5.16 Å². The first-order valence-corrected chi connectivity index (χ1v) is 11.1. The number of thioether (sulfide) groups is 1. The molecular formula is C18H25N5O2S2. The molecule has 3 amide bonds. The number of hydrogen-bond acceptors (Lipinski definition) is 6. The third-order valence-electron chi connectivity index (χ3n) is 4.59. The van der Waals surface area contributed by atoms with Gasteiger partial charge in [-0.2, -0.15) is 0 Å². The number of amides is 3. The van der Waals surface area contributed by atoms with Crippen LogP contribution in [0.5, 0.6) is 0 Å². The summed E-state index contributed by atoms with van der Waals surface area (Å²) < 4.78 is 1.94. The van der Waals surface area contributed by atoms with Crippen LogP contribution in [0.25, 0.3) is 0 Å². The number of carbonyl (C=O) groups is 2. The molecule has 1 fully saturated rings. The summed E-state index contributed by atoms with van der Waals surface area (Å²) >= 11 is 3.03. The van der Waals surface area contributed by atoms with Gasteiger partial charge in [-0.15, -0.1) is 21.5 Å². The number of urea groups is 1. The molecule has 7 nitrogen and oxygen atoms in total. The lowest BCUT2D eigenvalue weighted by Crippen LogP contribution is -2.47. The van der Waals surface area contributed by atoms with Gasteiger partial charge in [0.25, 0.3) is 0 Å². The molecular weight excluding hydrogens is 382 g/mol. The molecule has 0 aromatic carbocycles. The van der Waals surface area contributed by atoms with Crippen molar-refractivity contribution in [3.8, 4) is 0 Å². The molecule has 9 heteroatoms. The van der Waals surface area contributed by atoms with Crippen LogP contribution in [0, 0.1) is 0 Å². The molecule has 0 saturated heterocycles. The molecule has 1 aliphatic rings. The Kier molecular flexibility index (Phi) is 7.28. The summed E-state index contributed by atoms with van der Waals surface area (Å²) in [7, 11) is 0. The van der Waals surface area contributed by atoms with Crippen LogP contribution >= 0.6 is 23.1 Å². The molecule has 3 rings (SSSR count). The van der Waals surface area contributed by atoms with Gasteiger partial charge < -0.3 is 9.88 Å². The van der Waals surface area contributed by atoms with E-state index in [4.69, 9.17) is 0 Å². The van der Waals surface area contributed by atoms with Crippen LogP contribution in [-0.2, 0) is 17.8 Å². The van der Waals surface area contributed by atoms with E-state index < -0.39 is 11.3 Å². The highest BCUT2D eigenvalue weighted by molar-refractivity contribution is 8.00. The standard InChI is InChI=1S/C18H25N5O2S2/c1-13(16(24)21-17(25)20-14-6-3-2-4-7-14)27-18-22-19-12-23(18)10-9-15-8-5-11-26-15/h5,8,11-14H,2-4,6-7,9-10H2,1H3,(H2,20,21,24,25). The maximum Gasteiger partial charge on any atom is 0.321 e. The van der Waals surface area contributed by atoms with Gasteiger partial charge in [0.2, 0.25) is 5.91 Å². The predicted octanol–water partition coefficient (Wildman–Crippen LogP) is 3.22. The van der Waals surface area contributed by atoms with Crippen LogP contribution < -0.4 is 10.6 Å². The van der Waals surface area contributed by atoms with Crippen molar-refractivity contribution in [2.24, 2.45) is 0 Å². The monoisotopic (exact) mass is 407 g/mol. The fourth-order valence-electron chi connectivity index (χ4n) is 3.07. The summed E-state index contributed by atoms with van der Waals surface area (Å²) in [5.74, 6) is -0.318. The van der Waals surface area contributed by atoms with E-state index in [-0.39, 0.29) is 11.9 Å². The summed E-state index contributed by atoms with van der Waals surface area (Å²) in [5, 5.41) is 15.7. The fourth-order valence-corrected chi connectivity index (χ4v) is 4.62. The second kappa shape index (κ2) is 9.89. The average molecular weight is 408 g/mol. The number of nitrogens with one attached hydrogen (secondary N) is 2. The first kappa shape index (κ1) is 19.9. The Labute approximate surface area is 167 Å². The lowest BCUT2D eigenvalue weighted by molar-refractivity contribution is -0.119. The maximum atomic E-state index is 12.3. The quantitative estimate of drug-likeness (QED) is 0.688. The van der Waals surface area contributed by atoms with Crippen molar-refractivity contribution in [3.63, 3.8) is 0 Å². The van der Waals surface area contributed by atoms with Crippen LogP contribution in [0.4, 0.5) is 4.79 Å². The smallest absolute Gasteiger partial charge is 0.321 e. The third-order valence-corrected chi connectivity index (χ3v) is 6.62. The Hall–Kier alpha value is -1.87. The van der Waals surface area contributed by atoms with Crippen molar-refractivity contribution in [2.45, 2.75) is 68.4 Å². The van der Waals surface area contributed by atoms with Crippen LogP contribution in [0.1, 0.15) is 43.9 Å². The van der Waals surface area contributed by atoms with Crippen LogP contribution in [0.3, 0.4) is 0 Å². The minimum Gasteiger partial charge on any atom is -0.335 e. The fraction of sp³-hybridized carbons (Fsp3) is 0.556. The number of thiophene rings is 1. The lowest BCUT2D eigenvalue weighted by atomic mass is 9.96. The van der Waals surface area contributed by atoms with Crippen LogP contribution in [-0.4, -0.2) is 38.0 Å². The zero-order valence-corrected chi connectivity index (χ0v) is 17.0. The van der Waals surface area contributed by atoms with Crippen molar-refractivity contribution in [1.29, 1.82) is 0 Å². The first-order valence-electron chi connectivity index (χ1n) is 9.30. The van der Waals surface area contributed by atoms with Crippen molar-refractivity contribution in [3.05, 3.63) is 28.7 Å². The number of aromatic nitrogens is 3. The first-order chi connectivity index (χ1) is 13.1. The normalized spacial score (nSPS) is 16.0. The highest BCUT2D eigenvalue weighted by Crippen LogP contribution is 2.22. The topological polar surface area (TPSA) is 88.9 Å². The van der Waals surface area contributed by atoms with Crippen molar-refractivity contribution >= 4 is 35.0 Å². The van der Waals surface area contributed by atoms with Crippen LogP contribution in [0.2, 0.25) is 0 Å². The average Bonchev–Trinajstić information content (AvgIpc) is 3.32. The van der Waals surface area contributed by atoms with Crippen molar-refractivity contribution in [2.75, 3.05) is 0 Å². The lowest BCUT2D eigenvalue weighted by Gasteiger charge is -2.23. The van der Waals surface area contributed by atoms with Gasteiger partial charge in [-0.1, -0.05) is 37.1 Å². The molecule has 2 heterocycles. The number of rotatable bonds is 7. The molecule has 0 aliphatic heterocycles. The second-order valence-corrected chi connectivity index (χ2v) is 9.03. The van der Waals surface area contributed by atoms with Crippen molar-refractivity contribution in [1.82, 2.24) is 25.4 Å². The van der Waals surface area contributed by atoms with Gasteiger partial charge in [-0.05, 0) is 37.6 Å². The zero-order valence-electron chi connectivity index (χ0n) is 15.4. The molecule has 2 N–H and O–H groups in total. The predicted molar refractivity (Wildman–Crippen MR) is 107 cm³/mol. The Morgan fingerprint density at radius 3 is 2.93 bits per heavy atom. The van der Waals surface area contributed by atoms with E-state index in [1.54, 1.807) is 24.6 Å². The molecule has 0 radical (unpaired) electrons. The second-order valence-electron chi connectivity index (χ2n) is 6.69. The molecule has 1 atom stereocenters. The van der Waals surface area contributed by atoms with E-state index in [2.05, 4.69) is 32.3 Å². The molecule has 27 heavy (non-hydrogen) atoms. The summed E-state index contributed by atoms with van der Waals surface area (Å²) in [6.07, 6.45) is 8.03. The van der Waals surface area contributed by atoms with E-state index in [1.807, 2.05) is 10.6 Å². The summed E-state index contributed by atoms with van der Waals surface area (Å²) in [4.78, 5) is 25.7. The SMILES string of the molecule is CC(Sc1nncn1CCc1cccs1)C(=O)NC(=O)NC1CCCCC1. The number of imide groups is 1.